The molecule has 0 amide bonds. The van der Waals surface area contributed by atoms with Crippen molar-refractivity contribution in [2.75, 3.05) is 7.11 Å². The first-order chi connectivity index (χ1) is 9.01. The van der Waals surface area contributed by atoms with Crippen LogP contribution in [0, 0.1) is 5.41 Å². The second-order valence-corrected chi connectivity index (χ2v) is 7.47. The van der Waals surface area contributed by atoms with E-state index < -0.39 is 0 Å². The predicted molar refractivity (Wildman–Crippen MR) is 81.1 cm³/mol. The summed E-state index contributed by atoms with van der Waals surface area (Å²) >= 11 is 1.79. The zero-order valence-electron chi connectivity index (χ0n) is 12.2. The molecule has 0 bridgehead atoms. The van der Waals surface area contributed by atoms with E-state index in [1.54, 1.807) is 11.3 Å². The molecule has 3 nitrogen and oxygen atoms in total. The van der Waals surface area contributed by atoms with E-state index in [0.717, 1.165) is 19.3 Å². The van der Waals surface area contributed by atoms with Crippen LogP contribution in [0.5, 0.6) is 0 Å². The van der Waals surface area contributed by atoms with Crippen molar-refractivity contribution in [1.29, 1.82) is 0 Å². The molecule has 1 unspecified atom stereocenters. The monoisotopic (exact) mass is 282 g/mol. The zero-order valence-corrected chi connectivity index (χ0v) is 13.1. The molecule has 1 aliphatic rings. The van der Waals surface area contributed by atoms with Crippen molar-refractivity contribution in [1.82, 2.24) is 5.43 Å². The van der Waals surface area contributed by atoms with E-state index in [9.17, 15) is 0 Å². The summed E-state index contributed by atoms with van der Waals surface area (Å²) in [6.45, 7) is 4.69. The van der Waals surface area contributed by atoms with Gasteiger partial charge in [0.1, 0.15) is 0 Å². The van der Waals surface area contributed by atoms with Crippen LogP contribution in [-0.4, -0.2) is 18.8 Å². The molecule has 4 heteroatoms. The molecule has 0 saturated heterocycles. The van der Waals surface area contributed by atoms with Crippen LogP contribution >= 0.6 is 11.3 Å². The average molecular weight is 282 g/mol. The van der Waals surface area contributed by atoms with Crippen LogP contribution in [0.25, 0.3) is 0 Å². The number of hydrogen-bond donors (Lipinski definition) is 2. The van der Waals surface area contributed by atoms with Gasteiger partial charge in [0.2, 0.25) is 0 Å². The van der Waals surface area contributed by atoms with Crippen LogP contribution in [-0.2, 0) is 11.2 Å². The molecule has 1 saturated carbocycles. The van der Waals surface area contributed by atoms with Gasteiger partial charge in [-0.05, 0) is 42.5 Å². The third kappa shape index (κ3) is 3.37. The lowest BCUT2D eigenvalue weighted by Gasteiger charge is -2.46. The van der Waals surface area contributed by atoms with Gasteiger partial charge in [-0.3, -0.25) is 11.3 Å². The van der Waals surface area contributed by atoms with Gasteiger partial charge in [0.25, 0.3) is 0 Å². The van der Waals surface area contributed by atoms with Crippen molar-refractivity contribution in [3.8, 4) is 0 Å². The molecule has 1 aliphatic carbocycles. The number of thiophene rings is 1. The molecule has 1 atom stereocenters. The Morgan fingerprint density at radius 3 is 2.53 bits per heavy atom. The Bertz CT molecular complexity index is 379. The Morgan fingerprint density at radius 2 is 2.05 bits per heavy atom. The lowest BCUT2D eigenvalue weighted by molar-refractivity contribution is -0.0860. The summed E-state index contributed by atoms with van der Waals surface area (Å²) in [5, 5.41) is 2.12. The minimum Gasteiger partial charge on any atom is -0.377 e. The van der Waals surface area contributed by atoms with E-state index in [1.165, 1.54) is 17.7 Å². The quantitative estimate of drug-likeness (QED) is 0.644. The number of hydrazine groups is 1. The molecular formula is C15H26N2OS. The fourth-order valence-electron chi connectivity index (χ4n) is 3.07. The molecule has 0 aromatic carbocycles. The topological polar surface area (TPSA) is 47.3 Å². The summed E-state index contributed by atoms with van der Waals surface area (Å²) in [7, 11) is 1.83. The standard InChI is InChI=1S/C15H26N2OS/c1-14(2)6-8-15(18-3,9-7-14)13(17-16)11-12-5-4-10-19-12/h4-5,10,13,17H,6-9,11,16H2,1-3H3. The van der Waals surface area contributed by atoms with E-state index in [-0.39, 0.29) is 11.6 Å². The van der Waals surface area contributed by atoms with Gasteiger partial charge in [-0.1, -0.05) is 19.9 Å². The first-order valence-corrected chi connectivity index (χ1v) is 7.93. The maximum Gasteiger partial charge on any atom is 0.0848 e. The largest absolute Gasteiger partial charge is 0.377 e. The van der Waals surface area contributed by atoms with Crippen molar-refractivity contribution in [2.24, 2.45) is 11.3 Å². The highest BCUT2D eigenvalue weighted by atomic mass is 32.1. The van der Waals surface area contributed by atoms with Crippen LogP contribution in [0.2, 0.25) is 0 Å². The Balaban J connectivity index is 2.10. The van der Waals surface area contributed by atoms with Crippen molar-refractivity contribution < 1.29 is 4.74 Å². The van der Waals surface area contributed by atoms with Gasteiger partial charge in [-0.15, -0.1) is 11.3 Å². The highest BCUT2D eigenvalue weighted by Gasteiger charge is 2.43. The lowest BCUT2D eigenvalue weighted by atomic mass is 9.68. The summed E-state index contributed by atoms with van der Waals surface area (Å²) in [6.07, 6.45) is 5.50. The van der Waals surface area contributed by atoms with Crippen molar-refractivity contribution in [3.05, 3.63) is 22.4 Å². The minimum absolute atomic E-state index is 0.117. The van der Waals surface area contributed by atoms with Gasteiger partial charge in [0.05, 0.1) is 11.6 Å². The molecule has 19 heavy (non-hydrogen) atoms. The summed E-state index contributed by atoms with van der Waals surface area (Å²) in [5.41, 5.74) is 3.33. The number of nitrogens with one attached hydrogen (secondary N) is 1. The average Bonchev–Trinajstić information content (AvgIpc) is 2.90. The molecule has 1 aromatic heterocycles. The van der Waals surface area contributed by atoms with Gasteiger partial charge in [0.15, 0.2) is 0 Å². The van der Waals surface area contributed by atoms with E-state index >= 15 is 0 Å². The number of nitrogens with two attached hydrogens (primary N) is 1. The second kappa shape index (κ2) is 5.92. The highest BCUT2D eigenvalue weighted by Crippen LogP contribution is 2.43. The van der Waals surface area contributed by atoms with E-state index in [2.05, 4.69) is 36.8 Å². The normalized spacial score (nSPS) is 23.2. The first kappa shape index (κ1) is 15.0. The summed E-state index contributed by atoms with van der Waals surface area (Å²) in [6, 6.07) is 4.45. The maximum atomic E-state index is 5.94. The number of hydrogen-bond acceptors (Lipinski definition) is 4. The smallest absolute Gasteiger partial charge is 0.0848 e. The summed E-state index contributed by atoms with van der Waals surface area (Å²) < 4.78 is 5.94. The molecule has 0 aliphatic heterocycles. The van der Waals surface area contributed by atoms with Gasteiger partial charge >= 0.3 is 0 Å². The molecule has 0 radical (unpaired) electrons. The van der Waals surface area contributed by atoms with Gasteiger partial charge in [-0.25, -0.2) is 0 Å². The van der Waals surface area contributed by atoms with Gasteiger partial charge in [-0.2, -0.15) is 0 Å². The molecule has 1 aromatic rings. The molecule has 108 valence electrons. The van der Waals surface area contributed by atoms with Crippen LogP contribution < -0.4 is 11.3 Å². The van der Waals surface area contributed by atoms with Crippen molar-refractivity contribution in [3.63, 3.8) is 0 Å². The van der Waals surface area contributed by atoms with E-state index in [0.29, 0.717) is 5.41 Å². The molecule has 1 heterocycles. The van der Waals surface area contributed by atoms with E-state index in [1.807, 2.05) is 7.11 Å². The van der Waals surface area contributed by atoms with Crippen LogP contribution in [0.4, 0.5) is 0 Å². The van der Waals surface area contributed by atoms with Gasteiger partial charge < -0.3 is 4.74 Å². The molecule has 0 spiro atoms. The van der Waals surface area contributed by atoms with Crippen molar-refractivity contribution in [2.45, 2.75) is 57.6 Å². The van der Waals surface area contributed by atoms with Crippen LogP contribution in [0.1, 0.15) is 44.4 Å². The molecule has 1 fully saturated rings. The lowest BCUT2D eigenvalue weighted by Crippen LogP contribution is -2.57. The second-order valence-electron chi connectivity index (χ2n) is 6.44. The Kier molecular flexibility index (Phi) is 4.66. The maximum absolute atomic E-state index is 5.94. The first-order valence-electron chi connectivity index (χ1n) is 7.05. The van der Waals surface area contributed by atoms with Crippen LogP contribution in [0.3, 0.4) is 0 Å². The van der Waals surface area contributed by atoms with Gasteiger partial charge in [0, 0.05) is 18.4 Å². The number of methoxy groups -OCH3 is 1. The summed E-state index contributed by atoms with van der Waals surface area (Å²) in [5.74, 6) is 5.82. The third-order valence-corrected chi connectivity index (χ3v) is 5.58. The Morgan fingerprint density at radius 1 is 1.37 bits per heavy atom. The van der Waals surface area contributed by atoms with Crippen LogP contribution in [0.15, 0.2) is 17.5 Å². The zero-order chi connectivity index (χ0) is 13.9. The fourth-order valence-corrected chi connectivity index (χ4v) is 3.82. The number of ether oxygens (including phenoxy) is 1. The SMILES string of the molecule is COC1(C(Cc2cccs2)NN)CCC(C)(C)CC1. The third-order valence-electron chi connectivity index (χ3n) is 4.68. The molecule has 2 rings (SSSR count). The summed E-state index contributed by atoms with van der Waals surface area (Å²) in [4.78, 5) is 1.37. The van der Waals surface area contributed by atoms with E-state index in [4.69, 9.17) is 10.6 Å². The highest BCUT2D eigenvalue weighted by molar-refractivity contribution is 7.09. The Hall–Kier alpha value is -0.420. The minimum atomic E-state index is -0.117. The Labute approximate surface area is 120 Å². The fraction of sp³-hybridized carbons (Fsp3) is 0.733. The predicted octanol–water partition coefficient (Wildman–Crippen LogP) is 3.11. The number of rotatable bonds is 5. The van der Waals surface area contributed by atoms with Crippen molar-refractivity contribution >= 4 is 11.3 Å². The molecular weight excluding hydrogens is 256 g/mol. The molecule has 3 N–H and O–H groups in total.